The van der Waals surface area contributed by atoms with Crippen LogP contribution in [0.5, 0.6) is 0 Å². The van der Waals surface area contributed by atoms with Gasteiger partial charge in [0.1, 0.15) is 12.4 Å². The molecule has 3 aromatic rings. The van der Waals surface area contributed by atoms with Crippen LogP contribution < -0.4 is 5.32 Å². The number of aliphatic carboxylic acids is 1. The van der Waals surface area contributed by atoms with E-state index in [1.165, 1.54) is 22.3 Å². The zero-order valence-corrected chi connectivity index (χ0v) is 21.2. The van der Waals surface area contributed by atoms with Crippen molar-refractivity contribution in [1.29, 1.82) is 0 Å². The normalized spacial score (nSPS) is 23.3. The Bertz CT molecular complexity index is 1330. The van der Waals surface area contributed by atoms with Gasteiger partial charge in [0.25, 0.3) is 0 Å². The molecule has 4 aliphatic rings. The maximum Gasteiger partial charge on any atom is 0.407 e. The van der Waals surface area contributed by atoms with Gasteiger partial charge in [0.2, 0.25) is 0 Å². The molecule has 1 amide bonds. The molecule has 194 valence electrons. The molecule has 1 atom stereocenters. The number of carbonyl (C=O) groups is 3. The van der Waals surface area contributed by atoms with Crippen LogP contribution in [0.25, 0.3) is 11.1 Å². The Kier molecular flexibility index (Phi) is 6.05. The SMILES string of the molecule is O=C(NCC12CC(C(=O)C[C@@H](Cc3ccccc3)C(=O)O)(C1)C2)OCC1c2ccccc2-c2ccccc21. The Hall–Kier alpha value is -3.93. The zero-order valence-electron chi connectivity index (χ0n) is 21.2. The van der Waals surface area contributed by atoms with Crippen molar-refractivity contribution in [3.05, 3.63) is 95.6 Å². The van der Waals surface area contributed by atoms with Gasteiger partial charge in [-0.05, 0) is 58.9 Å². The first-order valence-electron chi connectivity index (χ1n) is 13.3. The fourth-order valence-electron chi connectivity index (χ4n) is 6.98. The molecular formula is C32H31NO5. The number of ether oxygens (including phenoxy) is 1. The molecule has 7 rings (SSSR count). The zero-order chi connectivity index (χ0) is 26.3. The van der Waals surface area contributed by atoms with Gasteiger partial charge in [-0.1, -0.05) is 78.9 Å². The first-order chi connectivity index (χ1) is 18.4. The minimum Gasteiger partial charge on any atom is -0.481 e. The van der Waals surface area contributed by atoms with Crippen molar-refractivity contribution in [3.8, 4) is 11.1 Å². The molecule has 6 heteroatoms. The number of rotatable bonds is 10. The molecular weight excluding hydrogens is 478 g/mol. The van der Waals surface area contributed by atoms with Gasteiger partial charge in [0, 0.05) is 24.3 Å². The van der Waals surface area contributed by atoms with Crippen molar-refractivity contribution in [3.63, 3.8) is 0 Å². The largest absolute Gasteiger partial charge is 0.481 e. The highest BCUT2D eigenvalue weighted by molar-refractivity contribution is 5.91. The molecule has 3 fully saturated rings. The second-order valence-electron chi connectivity index (χ2n) is 11.3. The number of carboxylic acids is 1. The van der Waals surface area contributed by atoms with Gasteiger partial charge in [-0.2, -0.15) is 0 Å². The smallest absolute Gasteiger partial charge is 0.407 e. The molecule has 0 saturated heterocycles. The molecule has 0 unspecified atom stereocenters. The maximum atomic E-state index is 13.0. The van der Waals surface area contributed by atoms with Crippen LogP contribution in [0.15, 0.2) is 78.9 Å². The molecule has 6 nitrogen and oxygen atoms in total. The van der Waals surface area contributed by atoms with E-state index >= 15 is 0 Å². The summed E-state index contributed by atoms with van der Waals surface area (Å²) >= 11 is 0. The molecule has 4 aliphatic carbocycles. The van der Waals surface area contributed by atoms with Crippen molar-refractivity contribution in [1.82, 2.24) is 5.32 Å². The van der Waals surface area contributed by atoms with E-state index in [4.69, 9.17) is 4.74 Å². The van der Waals surface area contributed by atoms with Gasteiger partial charge < -0.3 is 15.2 Å². The number of Topliss-reactive ketones (excluding diaryl/α,β-unsaturated/α-hetero) is 1. The number of nitrogens with one attached hydrogen (secondary N) is 1. The Labute approximate surface area is 222 Å². The Morgan fingerprint density at radius 3 is 2.05 bits per heavy atom. The second-order valence-corrected chi connectivity index (χ2v) is 11.3. The summed E-state index contributed by atoms with van der Waals surface area (Å²) in [5.74, 6) is -1.58. The number of ketones is 1. The van der Waals surface area contributed by atoms with Crippen molar-refractivity contribution in [2.45, 2.75) is 38.0 Å². The quantitative estimate of drug-likeness (QED) is 0.371. The van der Waals surface area contributed by atoms with Crippen LogP contribution in [0, 0.1) is 16.7 Å². The highest BCUT2D eigenvalue weighted by Gasteiger charge is 2.70. The predicted octanol–water partition coefficient (Wildman–Crippen LogP) is 5.60. The lowest BCUT2D eigenvalue weighted by atomic mass is 9.33. The number of fused-ring (bicyclic) bond motifs is 3. The topological polar surface area (TPSA) is 92.7 Å². The number of alkyl carbamates (subject to hydrolysis) is 1. The molecule has 0 radical (unpaired) electrons. The number of amides is 1. The average molecular weight is 510 g/mol. The van der Waals surface area contributed by atoms with Crippen LogP contribution in [0.4, 0.5) is 4.79 Å². The van der Waals surface area contributed by atoms with Crippen molar-refractivity contribution >= 4 is 17.8 Å². The summed E-state index contributed by atoms with van der Waals surface area (Å²) in [4.78, 5) is 37.4. The fourth-order valence-corrected chi connectivity index (χ4v) is 6.98. The lowest BCUT2D eigenvalue weighted by Gasteiger charge is -2.70. The minimum atomic E-state index is -0.930. The maximum absolute atomic E-state index is 13.0. The molecule has 2 N–H and O–H groups in total. The summed E-state index contributed by atoms with van der Waals surface area (Å²) in [6, 6.07) is 25.9. The number of benzene rings is 3. The van der Waals surface area contributed by atoms with E-state index in [0.29, 0.717) is 32.2 Å². The highest BCUT2D eigenvalue weighted by atomic mass is 16.5. The predicted molar refractivity (Wildman–Crippen MR) is 143 cm³/mol. The number of hydrogen-bond donors (Lipinski definition) is 2. The van der Waals surface area contributed by atoms with Gasteiger partial charge in [0.05, 0.1) is 5.92 Å². The van der Waals surface area contributed by atoms with Crippen LogP contribution in [-0.2, 0) is 20.7 Å². The molecule has 2 bridgehead atoms. The van der Waals surface area contributed by atoms with Crippen LogP contribution in [0.1, 0.15) is 48.3 Å². The molecule has 0 aromatic heterocycles. The summed E-state index contributed by atoms with van der Waals surface area (Å²) in [5.41, 5.74) is 5.17. The van der Waals surface area contributed by atoms with Crippen LogP contribution in [0.2, 0.25) is 0 Å². The summed E-state index contributed by atoms with van der Waals surface area (Å²) in [5, 5.41) is 12.6. The van der Waals surface area contributed by atoms with E-state index < -0.39 is 23.4 Å². The lowest BCUT2D eigenvalue weighted by Crippen LogP contribution is -2.68. The summed E-state index contributed by atoms with van der Waals surface area (Å²) < 4.78 is 5.65. The summed E-state index contributed by atoms with van der Waals surface area (Å²) in [6.45, 7) is 0.748. The van der Waals surface area contributed by atoms with Crippen molar-refractivity contribution < 1.29 is 24.2 Å². The molecule has 38 heavy (non-hydrogen) atoms. The van der Waals surface area contributed by atoms with Gasteiger partial charge in [-0.15, -0.1) is 0 Å². The van der Waals surface area contributed by atoms with Crippen LogP contribution >= 0.6 is 0 Å². The highest BCUT2D eigenvalue weighted by Crippen LogP contribution is 2.73. The third-order valence-corrected chi connectivity index (χ3v) is 8.79. The number of carboxylic acid groups (broad SMARTS) is 1. The summed E-state index contributed by atoms with van der Waals surface area (Å²) in [7, 11) is 0. The van der Waals surface area contributed by atoms with Gasteiger partial charge in [-0.25, -0.2) is 4.79 Å². The Balaban J connectivity index is 0.984. The van der Waals surface area contributed by atoms with E-state index in [2.05, 4.69) is 29.6 Å². The Morgan fingerprint density at radius 2 is 1.45 bits per heavy atom. The van der Waals surface area contributed by atoms with Gasteiger partial charge in [-0.3, -0.25) is 9.59 Å². The van der Waals surface area contributed by atoms with Crippen LogP contribution in [-0.4, -0.2) is 36.1 Å². The first-order valence-corrected chi connectivity index (χ1v) is 13.3. The lowest BCUT2D eigenvalue weighted by molar-refractivity contribution is -0.203. The van der Waals surface area contributed by atoms with E-state index in [1.54, 1.807) is 0 Å². The van der Waals surface area contributed by atoms with E-state index in [1.807, 2.05) is 54.6 Å². The third-order valence-electron chi connectivity index (χ3n) is 8.79. The molecule has 3 saturated carbocycles. The van der Waals surface area contributed by atoms with E-state index in [9.17, 15) is 19.5 Å². The monoisotopic (exact) mass is 509 g/mol. The Morgan fingerprint density at radius 1 is 0.868 bits per heavy atom. The van der Waals surface area contributed by atoms with Crippen LogP contribution in [0.3, 0.4) is 0 Å². The average Bonchev–Trinajstić information content (AvgIpc) is 3.20. The number of carbonyl (C=O) groups excluding carboxylic acids is 2. The van der Waals surface area contributed by atoms with E-state index in [-0.39, 0.29) is 30.1 Å². The van der Waals surface area contributed by atoms with Crippen molar-refractivity contribution in [2.24, 2.45) is 16.7 Å². The second kappa shape index (κ2) is 9.43. The molecule has 0 aliphatic heterocycles. The number of hydrogen-bond acceptors (Lipinski definition) is 4. The van der Waals surface area contributed by atoms with Crippen molar-refractivity contribution in [2.75, 3.05) is 13.2 Å². The van der Waals surface area contributed by atoms with E-state index in [0.717, 1.165) is 5.56 Å². The minimum absolute atomic E-state index is 0.0158. The molecule has 3 aromatic carbocycles. The van der Waals surface area contributed by atoms with Gasteiger partial charge in [0.15, 0.2) is 0 Å². The first kappa shape index (κ1) is 24.4. The molecule has 0 heterocycles. The standard InChI is InChI=1S/C32H31NO5/c34-28(15-22(29(35)36)14-21-8-2-1-3-9-21)32-17-31(18-32,19-32)20-33-30(37)38-16-27-25-12-6-4-10-23(25)24-11-5-7-13-26(24)27/h1-13,22,27H,14-20H2,(H,33,37)(H,35,36)/t22-,31?,32?/m1/s1. The summed E-state index contributed by atoms with van der Waals surface area (Å²) in [6.07, 6.45) is 2.10. The molecule has 0 spiro atoms. The van der Waals surface area contributed by atoms with Gasteiger partial charge >= 0.3 is 12.1 Å². The fraction of sp³-hybridized carbons (Fsp3) is 0.344. The third kappa shape index (κ3) is 4.28.